The van der Waals surface area contributed by atoms with Gasteiger partial charge in [-0.1, -0.05) is 13.0 Å². The summed E-state index contributed by atoms with van der Waals surface area (Å²) in [5.74, 6) is -0.198. The molecule has 0 aliphatic rings. The molecule has 1 amide bonds. The first-order valence-corrected chi connectivity index (χ1v) is 3.89. The predicted octanol–water partition coefficient (Wildman–Crippen LogP) is 1.85. The van der Waals surface area contributed by atoms with E-state index in [9.17, 15) is 9.18 Å². The van der Waals surface area contributed by atoms with Gasteiger partial charge in [-0.05, 0) is 18.6 Å². The maximum atomic E-state index is 13.1. The van der Waals surface area contributed by atoms with Gasteiger partial charge in [0.05, 0.1) is 0 Å². The summed E-state index contributed by atoms with van der Waals surface area (Å²) in [6.45, 7) is 1.77. The third kappa shape index (κ3) is 2.18. The Morgan fingerprint density at radius 3 is 2.85 bits per heavy atom. The fraction of sp³-hybridized carbons (Fsp3) is 0.222. The average molecular weight is 183 g/mol. The van der Waals surface area contributed by atoms with Crippen LogP contribution in [0, 0.1) is 5.82 Å². The molecule has 1 rings (SSSR count). The fourth-order valence-corrected chi connectivity index (χ4v) is 1.09. The normalized spacial score (nSPS) is 9.69. The second kappa shape index (κ2) is 3.89. The Bertz CT molecular complexity index is 325. The summed E-state index contributed by atoms with van der Waals surface area (Å²) >= 11 is 0. The molecular formula is C9H10FNO2. The van der Waals surface area contributed by atoms with Gasteiger partial charge in [0.15, 0.2) is 0 Å². The van der Waals surface area contributed by atoms with Crippen LogP contribution in [0.25, 0.3) is 0 Å². The number of primary amides is 1. The van der Waals surface area contributed by atoms with E-state index in [0.29, 0.717) is 12.0 Å². The molecule has 2 N–H and O–H groups in total. The Labute approximate surface area is 75.3 Å². The minimum atomic E-state index is -0.930. The van der Waals surface area contributed by atoms with Gasteiger partial charge < -0.3 is 10.5 Å². The molecule has 0 aromatic heterocycles. The van der Waals surface area contributed by atoms with Crippen molar-refractivity contribution in [3.05, 3.63) is 29.6 Å². The lowest BCUT2D eigenvalue weighted by Gasteiger charge is -2.06. The van der Waals surface area contributed by atoms with Crippen LogP contribution in [0.5, 0.6) is 5.75 Å². The third-order valence-corrected chi connectivity index (χ3v) is 1.64. The molecule has 13 heavy (non-hydrogen) atoms. The topological polar surface area (TPSA) is 52.3 Å². The highest BCUT2D eigenvalue weighted by Gasteiger charge is 2.08. The number of rotatable bonds is 2. The van der Waals surface area contributed by atoms with Crippen LogP contribution >= 0.6 is 0 Å². The molecule has 0 saturated carbocycles. The van der Waals surface area contributed by atoms with Crippen molar-refractivity contribution < 1.29 is 13.9 Å². The zero-order valence-corrected chi connectivity index (χ0v) is 7.21. The van der Waals surface area contributed by atoms with E-state index in [1.807, 2.05) is 0 Å². The first kappa shape index (κ1) is 9.51. The number of halogens is 1. The van der Waals surface area contributed by atoms with Crippen LogP contribution in [0.4, 0.5) is 9.18 Å². The van der Waals surface area contributed by atoms with Gasteiger partial charge in [-0.2, -0.15) is 0 Å². The lowest BCUT2D eigenvalue weighted by Crippen LogP contribution is -2.17. The third-order valence-electron chi connectivity index (χ3n) is 1.64. The minimum absolute atomic E-state index is 0.190. The van der Waals surface area contributed by atoms with E-state index in [0.717, 1.165) is 0 Å². The minimum Gasteiger partial charge on any atom is -0.410 e. The van der Waals surface area contributed by atoms with E-state index in [2.05, 4.69) is 4.74 Å². The Kier molecular flexibility index (Phi) is 2.84. The Balaban J connectivity index is 3.05. The van der Waals surface area contributed by atoms with Gasteiger partial charge in [0.25, 0.3) is 0 Å². The van der Waals surface area contributed by atoms with E-state index >= 15 is 0 Å². The van der Waals surface area contributed by atoms with Gasteiger partial charge in [0.2, 0.25) is 0 Å². The van der Waals surface area contributed by atoms with Gasteiger partial charge in [-0.25, -0.2) is 9.18 Å². The largest absolute Gasteiger partial charge is 0.410 e. The molecule has 4 heteroatoms. The predicted molar refractivity (Wildman–Crippen MR) is 46.0 cm³/mol. The molecule has 0 saturated heterocycles. The van der Waals surface area contributed by atoms with Crippen LogP contribution in [0.1, 0.15) is 12.5 Å². The second-order valence-corrected chi connectivity index (χ2v) is 2.49. The van der Waals surface area contributed by atoms with Crippen molar-refractivity contribution in [3.8, 4) is 5.75 Å². The Morgan fingerprint density at radius 2 is 2.31 bits per heavy atom. The number of ether oxygens (including phenoxy) is 1. The molecular weight excluding hydrogens is 173 g/mol. The van der Waals surface area contributed by atoms with E-state index in [-0.39, 0.29) is 11.6 Å². The SMILES string of the molecule is CCc1c(F)cccc1OC(N)=O. The van der Waals surface area contributed by atoms with E-state index in [4.69, 9.17) is 5.73 Å². The number of amides is 1. The molecule has 1 aromatic carbocycles. The molecule has 0 aliphatic heterocycles. The molecule has 3 nitrogen and oxygen atoms in total. The van der Waals surface area contributed by atoms with Crippen molar-refractivity contribution in [2.75, 3.05) is 0 Å². The van der Waals surface area contributed by atoms with Gasteiger partial charge in [-0.15, -0.1) is 0 Å². The molecule has 0 fully saturated rings. The zero-order chi connectivity index (χ0) is 9.84. The summed E-state index contributed by atoms with van der Waals surface area (Å²) in [5, 5.41) is 0. The zero-order valence-electron chi connectivity index (χ0n) is 7.21. The highest BCUT2D eigenvalue weighted by Crippen LogP contribution is 2.21. The molecule has 0 radical (unpaired) electrons. The van der Waals surface area contributed by atoms with Crippen molar-refractivity contribution in [2.24, 2.45) is 5.73 Å². The molecule has 1 aromatic rings. The van der Waals surface area contributed by atoms with Gasteiger partial charge in [-0.3, -0.25) is 0 Å². The molecule has 0 heterocycles. The average Bonchev–Trinajstić information content (AvgIpc) is 2.03. The number of hydrogen-bond donors (Lipinski definition) is 1. The highest BCUT2D eigenvalue weighted by molar-refractivity contribution is 5.68. The molecule has 0 unspecified atom stereocenters. The fourth-order valence-electron chi connectivity index (χ4n) is 1.09. The van der Waals surface area contributed by atoms with E-state index < -0.39 is 6.09 Å². The first-order valence-electron chi connectivity index (χ1n) is 3.89. The number of carbonyl (C=O) groups is 1. The summed E-state index contributed by atoms with van der Waals surface area (Å²) in [5.41, 5.74) is 5.18. The Morgan fingerprint density at radius 1 is 1.62 bits per heavy atom. The van der Waals surface area contributed by atoms with E-state index in [1.165, 1.54) is 18.2 Å². The van der Waals surface area contributed by atoms with Gasteiger partial charge in [0.1, 0.15) is 11.6 Å². The van der Waals surface area contributed by atoms with Crippen molar-refractivity contribution >= 4 is 6.09 Å². The summed E-state index contributed by atoms with van der Waals surface area (Å²) in [4.78, 5) is 10.4. The van der Waals surface area contributed by atoms with Crippen molar-refractivity contribution in [2.45, 2.75) is 13.3 Å². The monoisotopic (exact) mass is 183 g/mol. The van der Waals surface area contributed by atoms with Gasteiger partial charge in [0, 0.05) is 5.56 Å². The lowest BCUT2D eigenvalue weighted by atomic mass is 10.1. The van der Waals surface area contributed by atoms with Crippen LogP contribution in [0.15, 0.2) is 18.2 Å². The molecule has 0 atom stereocenters. The van der Waals surface area contributed by atoms with Crippen LogP contribution in [0.2, 0.25) is 0 Å². The molecule has 0 bridgehead atoms. The number of nitrogens with two attached hydrogens (primary N) is 1. The van der Waals surface area contributed by atoms with E-state index in [1.54, 1.807) is 6.92 Å². The van der Waals surface area contributed by atoms with Crippen LogP contribution < -0.4 is 10.5 Å². The van der Waals surface area contributed by atoms with Crippen molar-refractivity contribution in [1.29, 1.82) is 0 Å². The van der Waals surface area contributed by atoms with Crippen LogP contribution in [-0.2, 0) is 6.42 Å². The maximum absolute atomic E-state index is 13.1. The highest BCUT2D eigenvalue weighted by atomic mass is 19.1. The first-order chi connectivity index (χ1) is 6.15. The maximum Gasteiger partial charge on any atom is 0.409 e. The summed E-state index contributed by atoms with van der Waals surface area (Å²) in [7, 11) is 0. The van der Waals surface area contributed by atoms with Crippen LogP contribution in [0.3, 0.4) is 0 Å². The summed E-state index contributed by atoms with van der Waals surface area (Å²) < 4.78 is 17.7. The van der Waals surface area contributed by atoms with Crippen molar-refractivity contribution in [3.63, 3.8) is 0 Å². The van der Waals surface area contributed by atoms with Gasteiger partial charge >= 0.3 is 6.09 Å². The molecule has 70 valence electrons. The van der Waals surface area contributed by atoms with Crippen LogP contribution in [-0.4, -0.2) is 6.09 Å². The number of benzene rings is 1. The molecule has 0 aliphatic carbocycles. The quantitative estimate of drug-likeness (QED) is 0.760. The lowest BCUT2D eigenvalue weighted by molar-refractivity contribution is 0.210. The molecule has 0 spiro atoms. The Hall–Kier alpha value is -1.58. The smallest absolute Gasteiger partial charge is 0.409 e. The number of hydrogen-bond acceptors (Lipinski definition) is 2. The summed E-state index contributed by atoms with van der Waals surface area (Å²) in [6, 6.07) is 4.28. The van der Waals surface area contributed by atoms with Crippen molar-refractivity contribution in [1.82, 2.24) is 0 Å². The summed E-state index contributed by atoms with van der Waals surface area (Å²) in [6.07, 6.45) is -0.477. The number of carbonyl (C=O) groups excluding carboxylic acids is 1. The standard InChI is InChI=1S/C9H10FNO2/c1-2-6-7(10)4-3-5-8(6)13-9(11)12/h3-5H,2H2,1H3,(H2,11,12). The second-order valence-electron chi connectivity index (χ2n) is 2.49.